The first-order chi connectivity index (χ1) is 19.2. The number of amides is 3. The number of nitrogens with one attached hydrogen (secondary N) is 2. The van der Waals surface area contributed by atoms with E-state index >= 15 is 0 Å². The molecule has 4 rings (SSSR count). The topological polar surface area (TPSA) is 122 Å². The summed E-state index contributed by atoms with van der Waals surface area (Å²) in [4.78, 5) is 54.0. The Balaban J connectivity index is 1.45. The fourth-order valence-corrected chi connectivity index (χ4v) is 5.22. The molecule has 40 heavy (non-hydrogen) atoms. The summed E-state index contributed by atoms with van der Waals surface area (Å²) in [6, 6.07) is 18.4. The van der Waals surface area contributed by atoms with Gasteiger partial charge in [0, 0.05) is 12.1 Å². The lowest BCUT2D eigenvalue weighted by Crippen LogP contribution is -2.53. The monoisotopic (exact) mass is 544 g/mol. The molecule has 1 unspecified atom stereocenters. The Morgan fingerprint density at radius 2 is 1.70 bits per heavy atom. The van der Waals surface area contributed by atoms with E-state index < -0.39 is 24.0 Å². The van der Waals surface area contributed by atoms with Crippen LogP contribution in [-0.4, -0.2) is 57.7 Å². The lowest BCUT2D eigenvalue weighted by molar-refractivity contribution is -0.139. The van der Waals surface area contributed by atoms with Crippen molar-refractivity contribution in [1.82, 2.24) is 20.7 Å². The Morgan fingerprint density at radius 3 is 2.30 bits per heavy atom. The normalized spacial score (nSPS) is 18.3. The molecule has 1 aliphatic rings. The number of Topliss-reactive ketones (excluding diaryl/α,β-unsaturated/α-hetero) is 1. The van der Waals surface area contributed by atoms with Gasteiger partial charge < -0.3 is 20.1 Å². The number of benzene rings is 2. The summed E-state index contributed by atoms with van der Waals surface area (Å²) in [5.41, 5.74) is 2.46. The van der Waals surface area contributed by atoms with Crippen LogP contribution < -0.4 is 10.6 Å². The van der Waals surface area contributed by atoms with Gasteiger partial charge in [-0.05, 0) is 57.6 Å². The molecule has 1 saturated heterocycles. The van der Waals surface area contributed by atoms with E-state index in [2.05, 4.69) is 15.8 Å². The maximum absolute atomic E-state index is 13.5. The lowest BCUT2D eigenvalue weighted by Gasteiger charge is -2.30. The van der Waals surface area contributed by atoms with Gasteiger partial charge in [0.1, 0.15) is 17.8 Å². The summed E-state index contributed by atoms with van der Waals surface area (Å²) in [7, 11) is 0. The molecule has 4 atom stereocenters. The number of aryl methyl sites for hydroxylation is 2. The van der Waals surface area contributed by atoms with Gasteiger partial charge in [0.2, 0.25) is 17.7 Å². The second-order valence-corrected chi connectivity index (χ2v) is 10.5. The fourth-order valence-electron chi connectivity index (χ4n) is 5.22. The van der Waals surface area contributed by atoms with Crippen molar-refractivity contribution in [3.63, 3.8) is 0 Å². The average molecular weight is 545 g/mol. The number of nitrogens with zero attached hydrogens (tertiary/aromatic N) is 2. The molecule has 0 radical (unpaired) electrons. The molecule has 3 amide bonds. The van der Waals surface area contributed by atoms with E-state index in [1.807, 2.05) is 67.6 Å². The molecule has 2 heterocycles. The largest absolute Gasteiger partial charge is 0.361 e. The van der Waals surface area contributed by atoms with Crippen LogP contribution in [0.25, 0.3) is 0 Å². The van der Waals surface area contributed by atoms with Crippen molar-refractivity contribution < 1.29 is 23.7 Å². The van der Waals surface area contributed by atoms with Crippen molar-refractivity contribution in [2.24, 2.45) is 0 Å². The Kier molecular flexibility index (Phi) is 9.47. The van der Waals surface area contributed by atoms with Crippen LogP contribution in [0.5, 0.6) is 0 Å². The third kappa shape index (κ3) is 7.43. The lowest BCUT2D eigenvalue weighted by atomic mass is 10.0. The average Bonchev–Trinajstić information content (AvgIpc) is 3.46. The molecule has 210 valence electrons. The molecule has 9 nitrogen and oxygen atoms in total. The molecule has 9 heteroatoms. The van der Waals surface area contributed by atoms with Gasteiger partial charge in [-0.25, -0.2) is 0 Å². The highest BCUT2D eigenvalue weighted by Crippen LogP contribution is 2.25. The zero-order valence-corrected chi connectivity index (χ0v) is 23.1. The van der Waals surface area contributed by atoms with Crippen LogP contribution in [-0.2, 0) is 38.4 Å². The van der Waals surface area contributed by atoms with E-state index in [-0.39, 0.29) is 30.1 Å². The fraction of sp³-hybridized carbons (Fsp3) is 0.387. The Labute approximate surface area is 234 Å². The van der Waals surface area contributed by atoms with E-state index in [0.29, 0.717) is 37.1 Å². The van der Waals surface area contributed by atoms with Gasteiger partial charge in [-0.3, -0.25) is 19.2 Å². The van der Waals surface area contributed by atoms with Crippen LogP contribution >= 0.6 is 0 Å². The maximum Gasteiger partial charge on any atom is 0.246 e. The zero-order valence-electron chi connectivity index (χ0n) is 23.1. The Hall–Kier alpha value is -4.27. The van der Waals surface area contributed by atoms with Gasteiger partial charge in [-0.2, -0.15) is 0 Å². The Morgan fingerprint density at radius 1 is 1.05 bits per heavy atom. The van der Waals surface area contributed by atoms with E-state index in [9.17, 15) is 19.2 Å². The van der Waals surface area contributed by atoms with E-state index in [4.69, 9.17) is 4.52 Å². The smallest absolute Gasteiger partial charge is 0.246 e. The molecule has 0 bridgehead atoms. The van der Waals surface area contributed by atoms with E-state index in [0.717, 1.165) is 11.1 Å². The van der Waals surface area contributed by atoms with Crippen LogP contribution in [0, 0.1) is 6.92 Å². The highest BCUT2D eigenvalue weighted by Gasteiger charge is 2.43. The molecule has 0 spiro atoms. The summed E-state index contributed by atoms with van der Waals surface area (Å²) in [5.74, 6) is -0.602. The molecule has 1 aromatic heterocycles. The molecule has 2 N–H and O–H groups in total. The van der Waals surface area contributed by atoms with Crippen molar-refractivity contribution in [2.45, 2.75) is 77.0 Å². The number of hydrogen-bond donors (Lipinski definition) is 2. The van der Waals surface area contributed by atoms with Gasteiger partial charge >= 0.3 is 0 Å². The molecule has 1 aliphatic heterocycles. The zero-order chi connectivity index (χ0) is 28.6. The van der Waals surface area contributed by atoms with Gasteiger partial charge in [-0.1, -0.05) is 65.8 Å². The number of likely N-dealkylation sites (tertiary alicyclic amines) is 1. The highest BCUT2D eigenvalue weighted by molar-refractivity contribution is 5.95. The molecule has 2 aromatic carbocycles. The van der Waals surface area contributed by atoms with E-state index in [1.54, 1.807) is 17.9 Å². The number of ketones is 1. The quantitative estimate of drug-likeness (QED) is 0.362. The number of rotatable bonds is 12. The molecule has 1 fully saturated rings. The SMILES string of the molecule is CC(=O)[C@H](Cc1ccccc1)N1C(=O)[C@@H](NC(=O)[C@H](CCc2ccccc2)NC(=O)Cc2cc(C)on2)CC1C. The first-order valence-electron chi connectivity index (χ1n) is 13.6. The standard InChI is InChI=1S/C31H36N4O5/c1-20-16-27(31(39)35(20)28(22(3)36)18-24-12-8-5-9-13-24)33-30(38)26(15-14-23-10-6-4-7-11-23)32-29(37)19-25-17-21(2)40-34-25/h4-13,17,20,26-28H,14-16,18-19H2,1-3H3,(H,32,37)(H,33,38)/t20?,26-,27-,28-/m0/s1. The molecule has 0 saturated carbocycles. The summed E-state index contributed by atoms with van der Waals surface area (Å²) in [6.07, 6.45) is 1.67. The number of carbonyl (C=O) groups is 4. The third-order valence-corrected chi connectivity index (χ3v) is 7.23. The molecule has 0 aliphatic carbocycles. The second kappa shape index (κ2) is 13.2. The van der Waals surface area contributed by atoms with Gasteiger partial charge in [0.15, 0.2) is 5.78 Å². The maximum atomic E-state index is 13.5. The minimum Gasteiger partial charge on any atom is -0.361 e. The minimum atomic E-state index is -0.856. The first-order valence-corrected chi connectivity index (χ1v) is 13.6. The van der Waals surface area contributed by atoms with Crippen molar-refractivity contribution in [1.29, 1.82) is 0 Å². The predicted molar refractivity (Wildman–Crippen MR) is 149 cm³/mol. The van der Waals surface area contributed by atoms with Crippen molar-refractivity contribution in [3.05, 3.63) is 89.3 Å². The van der Waals surface area contributed by atoms with E-state index in [1.165, 1.54) is 6.92 Å². The minimum absolute atomic E-state index is 0.0284. The second-order valence-electron chi connectivity index (χ2n) is 10.5. The summed E-state index contributed by atoms with van der Waals surface area (Å²) < 4.78 is 5.04. The first kappa shape index (κ1) is 28.7. The number of aromatic nitrogens is 1. The van der Waals surface area contributed by atoms with Crippen molar-refractivity contribution in [2.75, 3.05) is 0 Å². The molecular weight excluding hydrogens is 508 g/mol. The number of carbonyl (C=O) groups excluding carboxylic acids is 4. The van der Waals surface area contributed by atoms with Crippen molar-refractivity contribution in [3.8, 4) is 0 Å². The van der Waals surface area contributed by atoms with Crippen LogP contribution in [0.2, 0.25) is 0 Å². The van der Waals surface area contributed by atoms with Gasteiger partial charge in [0.05, 0.1) is 18.2 Å². The van der Waals surface area contributed by atoms with Crippen LogP contribution in [0.3, 0.4) is 0 Å². The summed E-state index contributed by atoms with van der Waals surface area (Å²) in [6.45, 7) is 5.12. The van der Waals surface area contributed by atoms with Crippen LogP contribution in [0.4, 0.5) is 0 Å². The molecule has 3 aromatic rings. The number of hydrogen-bond acceptors (Lipinski definition) is 6. The predicted octanol–water partition coefficient (Wildman–Crippen LogP) is 2.95. The summed E-state index contributed by atoms with van der Waals surface area (Å²) in [5, 5.41) is 9.54. The highest BCUT2D eigenvalue weighted by atomic mass is 16.5. The van der Waals surface area contributed by atoms with Crippen molar-refractivity contribution >= 4 is 23.5 Å². The molecular formula is C31H36N4O5. The van der Waals surface area contributed by atoms with Crippen LogP contribution in [0.15, 0.2) is 71.3 Å². The van der Waals surface area contributed by atoms with Crippen LogP contribution in [0.1, 0.15) is 49.3 Å². The third-order valence-electron chi connectivity index (χ3n) is 7.23. The van der Waals surface area contributed by atoms with Gasteiger partial charge in [-0.15, -0.1) is 0 Å². The summed E-state index contributed by atoms with van der Waals surface area (Å²) >= 11 is 0. The van der Waals surface area contributed by atoms with Gasteiger partial charge in [0.25, 0.3) is 0 Å². The Bertz CT molecular complexity index is 1320.